The molecule has 2 heterocycles. The van der Waals surface area contributed by atoms with Gasteiger partial charge in [0.25, 0.3) is 5.91 Å². The molecule has 1 aliphatic heterocycles. The largest absolute Gasteiger partial charge is 0.363 e. The maximum absolute atomic E-state index is 12.8. The highest BCUT2D eigenvalue weighted by Gasteiger charge is 2.34. The van der Waals surface area contributed by atoms with Crippen LogP contribution in [0.5, 0.6) is 0 Å². The molecule has 0 saturated carbocycles. The van der Waals surface area contributed by atoms with Crippen LogP contribution in [0.4, 0.5) is 0 Å². The summed E-state index contributed by atoms with van der Waals surface area (Å²) in [4.78, 5) is 19.1. The van der Waals surface area contributed by atoms with E-state index in [0.717, 1.165) is 17.5 Å². The smallest absolute Gasteiger partial charge is 0.254 e. The average molecular weight is 344 g/mol. The molecule has 0 spiro atoms. The van der Waals surface area contributed by atoms with Gasteiger partial charge < -0.3 is 19.5 Å². The van der Waals surface area contributed by atoms with Crippen molar-refractivity contribution in [1.82, 2.24) is 20.4 Å². The fraction of sp³-hybridized carbons (Fsp3) is 0.500. The van der Waals surface area contributed by atoms with Gasteiger partial charge in [-0.25, -0.2) is 0 Å². The van der Waals surface area contributed by atoms with Crippen LogP contribution >= 0.6 is 0 Å². The van der Waals surface area contributed by atoms with Crippen LogP contribution in [0, 0.1) is 0 Å². The third-order valence-corrected chi connectivity index (χ3v) is 4.15. The van der Waals surface area contributed by atoms with Crippen molar-refractivity contribution in [2.75, 3.05) is 20.7 Å². The van der Waals surface area contributed by atoms with Crippen molar-refractivity contribution in [3.63, 3.8) is 0 Å². The summed E-state index contributed by atoms with van der Waals surface area (Å²) in [5.41, 5.74) is 1.31. The second-order valence-corrected chi connectivity index (χ2v) is 7.06. The van der Waals surface area contributed by atoms with Gasteiger partial charge in [-0.3, -0.25) is 4.79 Å². The molecule has 1 N–H and O–H groups in total. The average Bonchev–Trinajstić information content (AvgIpc) is 3.02. The predicted molar refractivity (Wildman–Crippen MR) is 91.7 cm³/mol. The lowest BCUT2D eigenvalue weighted by Crippen LogP contribution is -2.45. The van der Waals surface area contributed by atoms with E-state index >= 15 is 0 Å². The van der Waals surface area contributed by atoms with Crippen LogP contribution in [0.15, 0.2) is 28.8 Å². The lowest BCUT2D eigenvalue weighted by molar-refractivity contribution is -0.136. The molecule has 0 radical (unpaired) electrons. The topological polar surface area (TPSA) is 80.5 Å². The SMILES string of the molecule is CN(C)Cc1nc(C(C)(C)NC(=O)[C@H]2OCCc3ccccc32)no1. The van der Waals surface area contributed by atoms with E-state index in [1.54, 1.807) is 0 Å². The molecule has 3 rings (SSSR count). The first kappa shape index (κ1) is 17.6. The molecule has 0 aliphatic carbocycles. The van der Waals surface area contributed by atoms with Gasteiger partial charge in [0.2, 0.25) is 5.89 Å². The van der Waals surface area contributed by atoms with E-state index in [9.17, 15) is 4.79 Å². The van der Waals surface area contributed by atoms with Crippen LogP contribution in [0.1, 0.15) is 42.8 Å². The van der Waals surface area contributed by atoms with Gasteiger partial charge >= 0.3 is 0 Å². The van der Waals surface area contributed by atoms with Crippen LogP contribution in [-0.2, 0) is 28.0 Å². The van der Waals surface area contributed by atoms with Gasteiger partial charge in [0, 0.05) is 0 Å². The third kappa shape index (κ3) is 3.88. The number of aromatic nitrogens is 2. The summed E-state index contributed by atoms with van der Waals surface area (Å²) in [6, 6.07) is 7.88. The molecule has 7 nitrogen and oxygen atoms in total. The highest BCUT2D eigenvalue weighted by molar-refractivity contribution is 5.83. The summed E-state index contributed by atoms with van der Waals surface area (Å²) >= 11 is 0. The Labute approximate surface area is 147 Å². The molecule has 1 amide bonds. The molecule has 0 saturated heterocycles. The summed E-state index contributed by atoms with van der Waals surface area (Å²) in [6.07, 6.45) is 0.208. The molecule has 25 heavy (non-hydrogen) atoms. The summed E-state index contributed by atoms with van der Waals surface area (Å²) < 4.78 is 11.0. The highest BCUT2D eigenvalue weighted by Crippen LogP contribution is 2.28. The van der Waals surface area contributed by atoms with Gasteiger partial charge in [-0.2, -0.15) is 4.98 Å². The Morgan fingerprint density at radius 1 is 1.36 bits per heavy atom. The minimum absolute atomic E-state index is 0.198. The minimum Gasteiger partial charge on any atom is -0.363 e. The van der Waals surface area contributed by atoms with Crippen LogP contribution in [-0.4, -0.2) is 41.6 Å². The van der Waals surface area contributed by atoms with Crippen LogP contribution in [0.2, 0.25) is 0 Å². The molecule has 134 valence electrons. The first-order valence-electron chi connectivity index (χ1n) is 8.36. The number of carbonyl (C=O) groups excluding carboxylic acids is 1. The summed E-state index contributed by atoms with van der Waals surface area (Å²) in [5.74, 6) is 0.763. The highest BCUT2D eigenvalue weighted by atomic mass is 16.5. The molecule has 0 fully saturated rings. The number of ether oxygens (including phenoxy) is 1. The molecule has 2 aromatic rings. The first-order chi connectivity index (χ1) is 11.9. The number of amides is 1. The number of nitrogens with one attached hydrogen (secondary N) is 1. The Morgan fingerprint density at radius 2 is 2.12 bits per heavy atom. The van der Waals surface area contributed by atoms with Gasteiger partial charge in [0.1, 0.15) is 0 Å². The molecule has 1 aromatic carbocycles. The van der Waals surface area contributed by atoms with Gasteiger partial charge in [-0.15, -0.1) is 0 Å². The molecule has 1 atom stereocenters. The third-order valence-electron chi connectivity index (χ3n) is 4.15. The van der Waals surface area contributed by atoms with Gasteiger partial charge in [-0.05, 0) is 45.5 Å². The van der Waals surface area contributed by atoms with E-state index in [0.29, 0.717) is 24.9 Å². The van der Waals surface area contributed by atoms with E-state index in [4.69, 9.17) is 9.26 Å². The molecular formula is C18H24N4O3. The standard InChI is InChI=1S/C18H24N4O3/c1-18(2,17-19-14(25-21-17)11-22(3)4)20-16(23)15-13-8-6-5-7-12(13)9-10-24-15/h5-8,15H,9-11H2,1-4H3,(H,20,23)/t15-/m0/s1. The lowest BCUT2D eigenvalue weighted by atomic mass is 9.96. The second kappa shape index (κ2) is 6.93. The Morgan fingerprint density at radius 3 is 2.88 bits per heavy atom. The monoisotopic (exact) mass is 344 g/mol. The molecule has 0 bridgehead atoms. The molecule has 1 aliphatic rings. The van der Waals surface area contributed by atoms with Gasteiger partial charge in [-0.1, -0.05) is 29.4 Å². The Kier molecular flexibility index (Phi) is 4.87. The van der Waals surface area contributed by atoms with E-state index in [2.05, 4.69) is 15.5 Å². The maximum atomic E-state index is 12.8. The number of fused-ring (bicyclic) bond motifs is 1. The number of hydrogen-bond donors (Lipinski definition) is 1. The number of hydrogen-bond acceptors (Lipinski definition) is 6. The lowest BCUT2D eigenvalue weighted by Gasteiger charge is -2.29. The Hall–Kier alpha value is -2.25. The van der Waals surface area contributed by atoms with E-state index in [1.807, 2.05) is 57.1 Å². The van der Waals surface area contributed by atoms with Crippen LogP contribution < -0.4 is 5.32 Å². The first-order valence-corrected chi connectivity index (χ1v) is 8.36. The molecular weight excluding hydrogens is 320 g/mol. The quantitative estimate of drug-likeness (QED) is 0.891. The summed E-state index contributed by atoms with van der Waals surface area (Å²) in [7, 11) is 3.85. The van der Waals surface area contributed by atoms with E-state index < -0.39 is 11.6 Å². The predicted octanol–water partition coefficient (Wildman–Crippen LogP) is 1.80. The van der Waals surface area contributed by atoms with Crippen molar-refractivity contribution in [3.05, 3.63) is 47.1 Å². The summed E-state index contributed by atoms with van der Waals surface area (Å²) in [6.45, 7) is 4.79. The van der Waals surface area contributed by atoms with Crippen molar-refractivity contribution in [1.29, 1.82) is 0 Å². The van der Waals surface area contributed by atoms with Gasteiger partial charge in [0.15, 0.2) is 11.9 Å². The zero-order valence-corrected chi connectivity index (χ0v) is 15.1. The number of carbonyl (C=O) groups is 1. The number of nitrogens with zero attached hydrogens (tertiary/aromatic N) is 3. The second-order valence-electron chi connectivity index (χ2n) is 7.06. The number of benzene rings is 1. The van der Waals surface area contributed by atoms with Gasteiger partial charge in [0.05, 0.1) is 18.7 Å². The zero-order chi connectivity index (χ0) is 18.0. The maximum Gasteiger partial charge on any atom is 0.254 e. The van der Waals surface area contributed by atoms with Crippen molar-refractivity contribution in [2.45, 2.75) is 38.5 Å². The van der Waals surface area contributed by atoms with Crippen molar-refractivity contribution in [3.8, 4) is 0 Å². The molecule has 1 aromatic heterocycles. The minimum atomic E-state index is -0.763. The molecule has 7 heteroatoms. The van der Waals surface area contributed by atoms with E-state index in [-0.39, 0.29) is 5.91 Å². The number of rotatable bonds is 5. The van der Waals surface area contributed by atoms with Crippen molar-refractivity contribution >= 4 is 5.91 Å². The molecule has 0 unspecified atom stereocenters. The van der Waals surface area contributed by atoms with Crippen molar-refractivity contribution < 1.29 is 14.1 Å². The van der Waals surface area contributed by atoms with Crippen LogP contribution in [0.3, 0.4) is 0 Å². The van der Waals surface area contributed by atoms with Crippen molar-refractivity contribution in [2.24, 2.45) is 0 Å². The zero-order valence-electron chi connectivity index (χ0n) is 15.1. The summed E-state index contributed by atoms with van der Waals surface area (Å²) in [5, 5.41) is 7.00. The van der Waals surface area contributed by atoms with E-state index in [1.165, 1.54) is 0 Å². The Balaban J connectivity index is 1.75. The van der Waals surface area contributed by atoms with Crippen LogP contribution in [0.25, 0.3) is 0 Å². The Bertz CT molecular complexity index is 754. The fourth-order valence-electron chi connectivity index (χ4n) is 2.88. The fourth-order valence-corrected chi connectivity index (χ4v) is 2.88. The normalized spacial score (nSPS) is 17.4.